The number of ether oxygens (including phenoxy) is 1. The van der Waals surface area contributed by atoms with Gasteiger partial charge in [0.1, 0.15) is 5.75 Å². The third kappa shape index (κ3) is 3.70. The first-order valence-electron chi connectivity index (χ1n) is 6.66. The molecule has 0 aromatic heterocycles. The van der Waals surface area contributed by atoms with Crippen molar-refractivity contribution < 1.29 is 19.1 Å². The minimum Gasteiger partial charge on any atom is -0.508 e. The predicted molar refractivity (Wildman–Crippen MR) is 74.9 cm³/mol. The van der Waals surface area contributed by atoms with Gasteiger partial charge in [-0.05, 0) is 31.5 Å². The number of esters is 1. The predicted octanol–water partition coefficient (Wildman–Crippen LogP) is 1.96. The fourth-order valence-electron chi connectivity index (χ4n) is 2.21. The Kier molecular flexibility index (Phi) is 5.36. The fourth-order valence-corrected chi connectivity index (χ4v) is 2.21. The van der Waals surface area contributed by atoms with Crippen LogP contribution >= 0.6 is 0 Å². The molecule has 0 saturated heterocycles. The second-order valence-electron chi connectivity index (χ2n) is 5.02. The van der Waals surface area contributed by atoms with E-state index in [1.807, 2.05) is 12.1 Å². The maximum Gasteiger partial charge on any atom is 0.365 e. The highest BCUT2D eigenvalue weighted by Crippen LogP contribution is 2.18. The van der Waals surface area contributed by atoms with Crippen molar-refractivity contribution in [1.82, 2.24) is 0 Å². The van der Waals surface area contributed by atoms with Crippen LogP contribution < -0.4 is 0 Å². The van der Waals surface area contributed by atoms with E-state index in [1.54, 1.807) is 12.1 Å². The number of methoxy groups -OCH3 is 1. The summed E-state index contributed by atoms with van der Waals surface area (Å²) in [6.45, 7) is 5.90. The van der Waals surface area contributed by atoms with Crippen molar-refractivity contribution in [3.05, 3.63) is 29.8 Å². The van der Waals surface area contributed by atoms with Crippen LogP contribution in [-0.2, 0) is 16.0 Å². The summed E-state index contributed by atoms with van der Waals surface area (Å²) >= 11 is 0. The van der Waals surface area contributed by atoms with Gasteiger partial charge in [0.15, 0.2) is 6.04 Å². The normalized spacial score (nSPS) is 13.1. The number of carbonyl (C=O) groups excluding carboxylic acids is 1. The molecule has 0 aliphatic carbocycles. The molecule has 0 amide bonds. The van der Waals surface area contributed by atoms with E-state index in [9.17, 15) is 9.90 Å². The molecule has 1 aromatic rings. The van der Waals surface area contributed by atoms with E-state index in [-0.39, 0.29) is 17.8 Å². The molecular formula is C15H24NO3+. The second kappa shape index (κ2) is 6.57. The first kappa shape index (κ1) is 15.5. The number of rotatable bonds is 6. The van der Waals surface area contributed by atoms with E-state index < -0.39 is 0 Å². The van der Waals surface area contributed by atoms with Gasteiger partial charge in [-0.2, -0.15) is 0 Å². The molecule has 0 aliphatic heterocycles. The second-order valence-corrected chi connectivity index (χ2v) is 5.02. The Bertz CT molecular complexity index is 410. The minimum atomic E-state index is -0.218. The third-order valence-electron chi connectivity index (χ3n) is 4.04. The Morgan fingerprint density at radius 1 is 1.26 bits per heavy atom. The summed E-state index contributed by atoms with van der Waals surface area (Å²) in [4.78, 5) is 12.1. The number of carbonyl (C=O) groups is 1. The van der Waals surface area contributed by atoms with Crippen molar-refractivity contribution in [1.29, 1.82) is 0 Å². The summed E-state index contributed by atoms with van der Waals surface area (Å²) < 4.78 is 5.60. The van der Waals surface area contributed by atoms with Gasteiger partial charge >= 0.3 is 5.97 Å². The Labute approximate surface area is 115 Å². The SMILES string of the molecule is CC[N+](C)(CC)[C@@H](Cc1ccc(O)cc1)C(=O)OC. The first-order valence-corrected chi connectivity index (χ1v) is 6.66. The Morgan fingerprint density at radius 2 is 1.79 bits per heavy atom. The molecule has 1 rings (SSSR count). The minimum absolute atomic E-state index is 0.181. The van der Waals surface area contributed by atoms with E-state index in [2.05, 4.69) is 20.9 Å². The van der Waals surface area contributed by atoms with Crippen LogP contribution in [0.4, 0.5) is 0 Å². The van der Waals surface area contributed by atoms with Crippen molar-refractivity contribution in [2.24, 2.45) is 0 Å². The quantitative estimate of drug-likeness (QED) is 0.632. The number of quaternary nitrogens is 1. The molecule has 19 heavy (non-hydrogen) atoms. The van der Waals surface area contributed by atoms with Crippen LogP contribution in [0.1, 0.15) is 19.4 Å². The van der Waals surface area contributed by atoms with Gasteiger partial charge in [0.2, 0.25) is 0 Å². The molecule has 0 fully saturated rings. The largest absolute Gasteiger partial charge is 0.508 e. The molecule has 4 nitrogen and oxygen atoms in total. The van der Waals surface area contributed by atoms with E-state index in [4.69, 9.17) is 4.74 Å². The highest BCUT2D eigenvalue weighted by Gasteiger charge is 2.36. The van der Waals surface area contributed by atoms with E-state index in [0.717, 1.165) is 18.7 Å². The lowest BCUT2D eigenvalue weighted by molar-refractivity contribution is -0.921. The molecule has 0 spiro atoms. The molecule has 4 heteroatoms. The summed E-state index contributed by atoms with van der Waals surface area (Å²) in [5, 5.41) is 9.30. The molecule has 0 bridgehead atoms. The third-order valence-corrected chi connectivity index (χ3v) is 4.04. The van der Waals surface area contributed by atoms with Crippen LogP contribution in [0.5, 0.6) is 5.75 Å². The zero-order valence-electron chi connectivity index (χ0n) is 12.2. The Morgan fingerprint density at radius 3 is 2.21 bits per heavy atom. The zero-order valence-corrected chi connectivity index (χ0v) is 12.2. The molecule has 1 aromatic carbocycles. The van der Waals surface area contributed by atoms with E-state index in [0.29, 0.717) is 10.9 Å². The average molecular weight is 266 g/mol. The van der Waals surface area contributed by atoms with Crippen molar-refractivity contribution in [3.8, 4) is 5.75 Å². The highest BCUT2D eigenvalue weighted by molar-refractivity contribution is 5.74. The Balaban J connectivity index is 2.98. The molecule has 0 saturated carbocycles. The van der Waals surface area contributed by atoms with Crippen molar-refractivity contribution in [2.45, 2.75) is 26.3 Å². The number of phenolic OH excluding ortho intramolecular Hbond substituents is 1. The maximum absolute atomic E-state index is 12.1. The summed E-state index contributed by atoms with van der Waals surface area (Å²) in [7, 11) is 3.50. The van der Waals surface area contributed by atoms with Crippen LogP contribution in [0.25, 0.3) is 0 Å². The monoisotopic (exact) mass is 266 g/mol. The van der Waals surface area contributed by atoms with Gasteiger partial charge in [0, 0.05) is 6.42 Å². The lowest BCUT2D eigenvalue weighted by atomic mass is 10.0. The van der Waals surface area contributed by atoms with Gasteiger partial charge in [-0.1, -0.05) is 12.1 Å². The summed E-state index contributed by atoms with van der Waals surface area (Å²) in [6, 6.07) is 6.77. The lowest BCUT2D eigenvalue weighted by Crippen LogP contribution is -2.57. The number of phenols is 1. The van der Waals surface area contributed by atoms with Gasteiger partial charge in [-0.15, -0.1) is 0 Å². The number of aromatic hydroxyl groups is 1. The number of hydrogen-bond acceptors (Lipinski definition) is 3. The van der Waals surface area contributed by atoms with Gasteiger partial charge in [-0.25, -0.2) is 4.79 Å². The molecule has 1 atom stereocenters. The molecule has 106 valence electrons. The van der Waals surface area contributed by atoms with Crippen LogP contribution in [0.2, 0.25) is 0 Å². The van der Waals surface area contributed by atoms with Crippen molar-refractivity contribution in [3.63, 3.8) is 0 Å². The number of benzene rings is 1. The zero-order chi connectivity index (χ0) is 14.5. The molecule has 0 unspecified atom stereocenters. The van der Waals surface area contributed by atoms with Gasteiger partial charge in [-0.3, -0.25) is 0 Å². The smallest absolute Gasteiger partial charge is 0.365 e. The fraction of sp³-hybridized carbons (Fsp3) is 0.533. The van der Waals surface area contributed by atoms with E-state index >= 15 is 0 Å². The van der Waals surface area contributed by atoms with Gasteiger partial charge in [0.05, 0.1) is 27.2 Å². The number of hydrogen-bond donors (Lipinski definition) is 1. The highest BCUT2D eigenvalue weighted by atomic mass is 16.5. The molecule has 1 N–H and O–H groups in total. The van der Waals surface area contributed by atoms with Crippen LogP contribution in [0, 0.1) is 0 Å². The number of likely N-dealkylation sites (N-methyl/N-ethyl adjacent to an activating group) is 1. The van der Waals surface area contributed by atoms with Crippen LogP contribution in [0.15, 0.2) is 24.3 Å². The molecule has 0 aliphatic rings. The first-order chi connectivity index (χ1) is 8.96. The van der Waals surface area contributed by atoms with E-state index in [1.165, 1.54) is 7.11 Å². The topological polar surface area (TPSA) is 46.5 Å². The summed E-state index contributed by atoms with van der Waals surface area (Å²) in [5.41, 5.74) is 1.03. The van der Waals surface area contributed by atoms with Gasteiger partial charge in [0.25, 0.3) is 0 Å². The average Bonchev–Trinajstić information content (AvgIpc) is 2.45. The number of nitrogens with zero attached hydrogens (tertiary/aromatic N) is 1. The molecular weight excluding hydrogens is 242 g/mol. The molecule has 0 heterocycles. The van der Waals surface area contributed by atoms with Gasteiger partial charge < -0.3 is 14.3 Å². The van der Waals surface area contributed by atoms with Crippen LogP contribution in [0.3, 0.4) is 0 Å². The van der Waals surface area contributed by atoms with Crippen LogP contribution in [-0.4, -0.2) is 48.8 Å². The Hall–Kier alpha value is -1.55. The van der Waals surface area contributed by atoms with Crippen molar-refractivity contribution in [2.75, 3.05) is 27.2 Å². The maximum atomic E-state index is 12.1. The summed E-state index contributed by atoms with van der Waals surface area (Å²) in [5.74, 6) is 0.0564. The lowest BCUT2D eigenvalue weighted by Gasteiger charge is -2.38. The molecule has 0 radical (unpaired) electrons. The standard InChI is InChI=1S/C15H23NO3/c1-5-16(3,6-2)14(15(18)19-4)11-12-7-9-13(17)10-8-12/h7-10,14H,5-6,11H2,1-4H3/p+1/t14-/m0/s1. The van der Waals surface area contributed by atoms with Crippen molar-refractivity contribution >= 4 is 5.97 Å². The summed E-state index contributed by atoms with van der Waals surface area (Å²) in [6.07, 6.45) is 0.616.